The van der Waals surface area contributed by atoms with E-state index >= 15 is 0 Å². The Morgan fingerprint density at radius 1 is 1.04 bits per heavy atom. The van der Waals surface area contributed by atoms with Crippen LogP contribution in [0.15, 0.2) is 54.6 Å². The summed E-state index contributed by atoms with van der Waals surface area (Å²) in [5.41, 5.74) is 1.40. The van der Waals surface area contributed by atoms with Gasteiger partial charge in [0, 0.05) is 23.7 Å². The van der Waals surface area contributed by atoms with Crippen molar-refractivity contribution >= 4 is 11.7 Å². The van der Waals surface area contributed by atoms with E-state index in [1.165, 1.54) is 18.2 Å². The Hall–Kier alpha value is -2.43. The van der Waals surface area contributed by atoms with Crippen LogP contribution in [0.5, 0.6) is 0 Å². The summed E-state index contributed by atoms with van der Waals surface area (Å²) in [6.07, 6.45) is -1.66. The lowest BCUT2D eigenvalue weighted by Crippen LogP contribution is -2.32. The van der Waals surface area contributed by atoms with Gasteiger partial charge in [-0.15, -0.1) is 0 Å². The van der Waals surface area contributed by atoms with E-state index in [-0.39, 0.29) is 11.5 Å². The Kier molecular flexibility index (Phi) is 6.09. The molecule has 5 heteroatoms. The third kappa shape index (κ3) is 5.06. The van der Waals surface area contributed by atoms with Gasteiger partial charge in [-0.05, 0) is 24.1 Å². The molecule has 0 fully saturated rings. The first-order chi connectivity index (χ1) is 11.1. The molecule has 0 saturated carbocycles. The fraction of sp³-hybridized carbons (Fsp3) is 0.278. The van der Waals surface area contributed by atoms with Gasteiger partial charge < -0.3 is 10.6 Å². The molecule has 0 saturated heterocycles. The molecular formula is C18H20F2N2O. The van der Waals surface area contributed by atoms with Crippen molar-refractivity contribution in [3.05, 3.63) is 65.7 Å². The summed E-state index contributed by atoms with van der Waals surface area (Å²) < 4.78 is 25.3. The van der Waals surface area contributed by atoms with Crippen molar-refractivity contribution in [1.82, 2.24) is 5.32 Å². The quantitative estimate of drug-likeness (QED) is 0.778. The van der Waals surface area contributed by atoms with E-state index in [0.29, 0.717) is 12.2 Å². The molecule has 0 aliphatic heterocycles. The number of carbonyl (C=O) groups is 1. The Balaban J connectivity index is 1.91. The van der Waals surface area contributed by atoms with E-state index in [1.807, 2.05) is 30.3 Å². The third-order valence-electron chi connectivity index (χ3n) is 3.67. The highest BCUT2D eigenvalue weighted by Crippen LogP contribution is 2.22. The number of urea groups is 1. The Bertz CT molecular complexity index is 632. The smallest absolute Gasteiger partial charge is 0.319 e. The van der Waals surface area contributed by atoms with Gasteiger partial charge in [-0.25, -0.2) is 13.6 Å². The lowest BCUT2D eigenvalue weighted by atomic mass is 9.97. The number of halogens is 2. The van der Waals surface area contributed by atoms with Gasteiger partial charge >= 0.3 is 6.03 Å². The zero-order valence-corrected chi connectivity index (χ0v) is 12.9. The van der Waals surface area contributed by atoms with Crippen LogP contribution in [0.2, 0.25) is 0 Å². The van der Waals surface area contributed by atoms with E-state index in [4.69, 9.17) is 0 Å². The minimum Gasteiger partial charge on any atom is -0.337 e. The zero-order valence-electron chi connectivity index (χ0n) is 12.9. The number of anilines is 1. The van der Waals surface area contributed by atoms with Gasteiger partial charge in [-0.1, -0.05) is 49.4 Å². The van der Waals surface area contributed by atoms with Crippen molar-refractivity contribution in [2.45, 2.75) is 25.7 Å². The molecule has 0 aliphatic carbocycles. The maximum absolute atomic E-state index is 12.6. The summed E-state index contributed by atoms with van der Waals surface area (Å²) in [6.45, 7) is 2.55. The highest BCUT2D eigenvalue weighted by Gasteiger charge is 2.12. The average Bonchev–Trinajstić information content (AvgIpc) is 2.56. The molecular weight excluding hydrogens is 298 g/mol. The van der Waals surface area contributed by atoms with Crippen molar-refractivity contribution in [3.63, 3.8) is 0 Å². The number of rotatable bonds is 6. The van der Waals surface area contributed by atoms with Crippen LogP contribution in [0.1, 0.15) is 36.8 Å². The monoisotopic (exact) mass is 318 g/mol. The summed E-state index contributed by atoms with van der Waals surface area (Å²) in [5.74, 6) is 0.217. The van der Waals surface area contributed by atoms with Crippen molar-refractivity contribution in [1.29, 1.82) is 0 Å². The molecule has 2 aromatic rings. The lowest BCUT2D eigenvalue weighted by Gasteiger charge is -2.16. The maximum Gasteiger partial charge on any atom is 0.319 e. The molecule has 2 N–H and O–H groups in total. The maximum atomic E-state index is 12.6. The highest BCUT2D eigenvalue weighted by molar-refractivity contribution is 5.89. The summed E-state index contributed by atoms with van der Waals surface area (Å²) >= 11 is 0. The van der Waals surface area contributed by atoms with Crippen LogP contribution in [0.3, 0.4) is 0 Å². The zero-order chi connectivity index (χ0) is 16.7. The number of nitrogens with one attached hydrogen (secondary N) is 2. The van der Waals surface area contributed by atoms with Crippen LogP contribution >= 0.6 is 0 Å². The van der Waals surface area contributed by atoms with Gasteiger partial charge in [0.2, 0.25) is 0 Å². The second-order valence-corrected chi connectivity index (χ2v) is 5.28. The molecule has 0 heterocycles. The fourth-order valence-corrected chi connectivity index (χ4v) is 2.37. The molecule has 0 aliphatic rings. The second kappa shape index (κ2) is 8.27. The molecule has 122 valence electrons. The molecule has 2 rings (SSSR count). The largest absolute Gasteiger partial charge is 0.337 e. The highest BCUT2D eigenvalue weighted by atomic mass is 19.3. The average molecular weight is 318 g/mol. The molecule has 1 atom stereocenters. The van der Waals surface area contributed by atoms with Crippen LogP contribution in [-0.2, 0) is 0 Å². The van der Waals surface area contributed by atoms with Crippen LogP contribution in [0.4, 0.5) is 19.3 Å². The van der Waals surface area contributed by atoms with Gasteiger partial charge in [0.1, 0.15) is 0 Å². The molecule has 23 heavy (non-hydrogen) atoms. The van der Waals surface area contributed by atoms with Gasteiger partial charge in [0.25, 0.3) is 6.43 Å². The van der Waals surface area contributed by atoms with Crippen LogP contribution in [0, 0.1) is 0 Å². The predicted octanol–water partition coefficient (Wildman–Crippen LogP) is 4.94. The van der Waals surface area contributed by atoms with E-state index in [2.05, 4.69) is 17.6 Å². The van der Waals surface area contributed by atoms with Crippen LogP contribution < -0.4 is 10.6 Å². The molecule has 0 bridgehead atoms. The Morgan fingerprint density at radius 2 is 1.74 bits per heavy atom. The number of amides is 2. The van der Waals surface area contributed by atoms with Gasteiger partial charge in [-0.3, -0.25) is 0 Å². The number of hydrogen-bond donors (Lipinski definition) is 2. The van der Waals surface area contributed by atoms with E-state index < -0.39 is 12.5 Å². The number of benzene rings is 2. The molecule has 0 aromatic heterocycles. The normalized spacial score (nSPS) is 12.0. The molecule has 0 spiro atoms. The summed E-state index contributed by atoms with van der Waals surface area (Å²) in [6, 6.07) is 15.2. The summed E-state index contributed by atoms with van der Waals surface area (Å²) in [4.78, 5) is 11.9. The first-order valence-corrected chi connectivity index (χ1v) is 7.58. The predicted molar refractivity (Wildman–Crippen MR) is 87.9 cm³/mol. The molecule has 0 radical (unpaired) electrons. The Morgan fingerprint density at radius 3 is 2.39 bits per heavy atom. The van der Waals surface area contributed by atoms with Gasteiger partial charge in [0.15, 0.2) is 0 Å². The minimum atomic E-state index is -2.55. The third-order valence-corrected chi connectivity index (χ3v) is 3.67. The topological polar surface area (TPSA) is 41.1 Å². The van der Waals surface area contributed by atoms with Gasteiger partial charge in [-0.2, -0.15) is 0 Å². The summed E-state index contributed by atoms with van der Waals surface area (Å²) in [5, 5.41) is 5.38. The van der Waals surface area contributed by atoms with Gasteiger partial charge in [0.05, 0.1) is 0 Å². The second-order valence-electron chi connectivity index (χ2n) is 5.28. The van der Waals surface area contributed by atoms with E-state index in [1.54, 1.807) is 6.07 Å². The first-order valence-electron chi connectivity index (χ1n) is 7.58. The van der Waals surface area contributed by atoms with Crippen molar-refractivity contribution in [2.75, 3.05) is 11.9 Å². The SMILES string of the molecule is CCC(CNC(=O)Nc1cccc(C(F)F)c1)c1ccccc1. The first kappa shape index (κ1) is 16.9. The van der Waals surface area contributed by atoms with Crippen molar-refractivity contribution in [3.8, 4) is 0 Å². The van der Waals surface area contributed by atoms with Crippen LogP contribution in [0.25, 0.3) is 0 Å². The number of hydrogen-bond acceptors (Lipinski definition) is 1. The van der Waals surface area contributed by atoms with Crippen LogP contribution in [-0.4, -0.2) is 12.6 Å². The molecule has 3 nitrogen and oxygen atoms in total. The number of alkyl halides is 2. The minimum absolute atomic E-state index is 0.112. The standard InChI is InChI=1S/C18H20F2N2O/c1-2-13(14-7-4-3-5-8-14)12-21-18(23)22-16-10-6-9-15(11-16)17(19)20/h3-11,13,17H,2,12H2,1H3,(H2,21,22,23). The van der Waals surface area contributed by atoms with E-state index in [9.17, 15) is 13.6 Å². The number of carbonyl (C=O) groups excluding carboxylic acids is 1. The Labute approximate surface area is 134 Å². The molecule has 2 amide bonds. The lowest BCUT2D eigenvalue weighted by molar-refractivity contribution is 0.151. The van der Waals surface area contributed by atoms with Crippen molar-refractivity contribution < 1.29 is 13.6 Å². The van der Waals surface area contributed by atoms with Crippen molar-refractivity contribution in [2.24, 2.45) is 0 Å². The molecule has 2 aromatic carbocycles. The molecule has 1 unspecified atom stereocenters. The van der Waals surface area contributed by atoms with E-state index in [0.717, 1.165) is 12.0 Å². The fourth-order valence-electron chi connectivity index (χ4n) is 2.37. The summed E-state index contributed by atoms with van der Waals surface area (Å²) in [7, 11) is 0.